The van der Waals surface area contributed by atoms with Gasteiger partial charge in [0, 0.05) is 29.6 Å². The highest BCUT2D eigenvalue weighted by Gasteiger charge is 2.26. The van der Waals surface area contributed by atoms with Gasteiger partial charge in [0.25, 0.3) is 0 Å². The number of aromatic amines is 1. The third kappa shape index (κ3) is 3.50. The maximum Gasteiger partial charge on any atom is 0.223 e. The van der Waals surface area contributed by atoms with Gasteiger partial charge in [0.2, 0.25) is 5.91 Å². The van der Waals surface area contributed by atoms with E-state index in [1.807, 2.05) is 31.2 Å². The number of aromatic nitrogens is 2. The number of carbonyl (C=O) groups excluding carboxylic acids is 1. The Morgan fingerprint density at radius 3 is 2.95 bits per heavy atom. The minimum atomic E-state index is 0.0533. The number of carbonyl (C=O) groups is 1. The predicted molar refractivity (Wildman–Crippen MR) is 87.0 cm³/mol. The zero-order valence-electron chi connectivity index (χ0n) is 12.7. The maximum absolute atomic E-state index is 12.3. The molecule has 1 aromatic carbocycles. The van der Waals surface area contributed by atoms with E-state index in [1.165, 1.54) is 5.56 Å². The largest absolute Gasteiger partial charge is 0.356 e. The molecule has 1 heterocycles. The van der Waals surface area contributed by atoms with Crippen LogP contribution in [-0.4, -0.2) is 22.4 Å². The molecule has 1 amide bonds. The fourth-order valence-electron chi connectivity index (χ4n) is 2.97. The van der Waals surface area contributed by atoms with Crippen LogP contribution in [0.25, 0.3) is 0 Å². The van der Waals surface area contributed by atoms with Gasteiger partial charge in [0.1, 0.15) is 5.82 Å². The summed E-state index contributed by atoms with van der Waals surface area (Å²) in [6.07, 6.45) is 3.35. The zero-order valence-corrected chi connectivity index (χ0v) is 13.4. The van der Waals surface area contributed by atoms with Crippen molar-refractivity contribution in [1.29, 1.82) is 0 Å². The monoisotopic (exact) mass is 317 g/mol. The average Bonchev–Trinajstić information content (AvgIpc) is 2.88. The predicted octanol–water partition coefficient (Wildman–Crippen LogP) is 2.84. The molecule has 0 spiro atoms. The summed E-state index contributed by atoms with van der Waals surface area (Å²) >= 11 is 5.86. The quantitative estimate of drug-likeness (QED) is 0.911. The van der Waals surface area contributed by atoms with Crippen molar-refractivity contribution in [2.24, 2.45) is 5.92 Å². The summed E-state index contributed by atoms with van der Waals surface area (Å²) < 4.78 is 0. The van der Waals surface area contributed by atoms with Gasteiger partial charge in [-0.25, -0.2) is 4.98 Å². The van der Waals surface area contributed by atoms with Crippen molar-refractivity contribution >= 4 is 17.5 Å². The Bertz CT molecular complexity index is 663. The second-order valence-electron chi connectivity index (χ2n) is 5.85. The molecule has 0 saturated heterocycles. The first kappa shape index (κ1) is 15.1. The highest BCUT2D eigenvalue weighted by atomic mass is 35.5. The van der Waals surface area contributed by atoms with E-state index in [4.69, 9.17) is 11.6 Å². The number of hydrogen-bond donors (Lipinski definition) is 2. The summed E-state index contributed by atoms with van der Waals surface area (Å²) in [7, 11) is 0. The van der Waals surface area contributed by atoms with E-state index in [9.17, 15) is 4.79 Å². The van der Waals surface area contributed by atoms with Gasteiger partial charge in [-0.15, -0.1) is 0 Å². The van der Waals surface area contributed by atoms with Crippen LogP contribution in [0, 0.1) is 12.8 Å². The Morgan fingerprint density at radius 2 is 2.18 bits per heavy atom. The number of halogens is 1. The highest BCUT2D eigenvalue weighted by molar-refractivity contribution is 6.30. The second kappa shape index (κ2) is 6.53. The van der Waals surface area contributed by atoms with Crippen LogP contribution in [0.3, 0.4) is 0 Å². The first-order valence-electron chi connectivity index (χ1n) is 7.68. The van der Waals surface area contributed by atoms with Crippen molar-refractivity contribution < 1.29 is 4.79 Å². The Hall–Kier alpha value is -1.81. The lowest BCUT2D eigenvalue weighted by atomic mass is 9.89. The van der Waals surface area contributed by atoms with Crippen molar-refractivity contribution in [2.45, 2.75) is 32.6 Å². The van der Waals surface area contributed by atoms with Crippen LogP contribution in [0.5, 0.6) is 0 Å². The molecule has 0 saturated carbocycles. The van der Waals surface area contributed by atoms with Crippen LogP contribution in [0.4, 0.5) is 0 Å². The second-order valence-corrected chi connectivity index (χ2v) is 6.29. The molecule has 3 rings (SSSR count). The van der Waals surface area contributed by atoms with Crippen LogP contribution in [0.15, 0.2) is 24.3 Å². The van der Waals surface area contributed by atoms with Crippen molar-refractivity contribution in [1.82, 2.24) is 15.3 Å². The Kier molecular flexibility index (Phi) is 4.48. The number of benzene rings is 1. The third-order valence-corrected chi connectivity index (χ3v) is 4.41. The minimum absolute atomic E-state index is 0.0533. The number of aryl methyl sites for hydroxylation is 2. The van der Waals surface area contributed by atoms with Crippen molar-refractivity contribution in [2.75, 3.05) is 6.54 Å². The Morgan fingerprint density at radius 1 is 1.41 bits per heavy atom. The smallest absolute Gasteiger partial charge is 0.223 e. The van der Waals surface area contributed by atoms with E-state index < -0.39 is 0 Å². The topological polar surface area (TPSA) is 57.8 Å². The van der Waals surface area contributed by atoms with Gasteiger partial charge in [-0.1, -0.05) is 23.7 Å². The molecule has 22 heavy (non-hydrogen) atoms. The molecule has 0 fully saturated rings. The molecule has 1 aromatic heterocycles. The molecule has 116 valence electrons. The fraction of sp³-hybridized carbons (Fsp3) is 0.412. The molecule has 1 atom stereocenters. The standard InChI is InChI=1S/C17H20ClN3O/c1-11-20-15-7-4-13(10-16(15)21-11)17(22)19-9-8-12-2-5-14(18)6-3-12/h2-3,5-6,13H,4,7-10H2,1H3,(H,19,22)(H,20,21). The van der Waals surface area contributed by atoms with Crippen LogP contribution in [0.2, 0.25) is 5.02 Å². The van der Waals surface area contributed by atoms with Crippen LogP contribution in [-0.2, 0) is 24.1 Å². The van der Waals surface area contributed by atoms with Crippen LogP contribution >= 0.6 is 11.6 Å². The van der Waals surface area contributed by atoms with Gasteiger partial charge < -0.3 is 10.3 Å². The van der Waals surface area contributed by atoms with Gasteiger partial charge in [-0.05, 0) is 43.9 Å². The van der Waals surface area contributed by atoms with Crippen molar-refractivity contribution in [3.8, 4) is 0 Å². The maximum atomic E-state index is 12.3. The first-order chi connectivity index (χ1) is 10.6. The number of hydrogen-bond acceptors (Lipinski definition) is 2. The first-order valence-corrected chi connectivity index (χ1v) is 8.06. The molecule has 1 unspecified atom stereocenters. The molecule has 0 radical (unpaired) electrons. The minimum Gasteiger partial charge on any atom is -0.356 e. The summed E-state index contributed by atoms with van der Waals surface area (Å²) in [5.74, 6) is 1.14. The average molecular weight is 318 g/mol. The molecular formula is C17H20ClN3O. The lowest BCUT2D eigenvalue weighted by Crippen LogP contribution is -2.35. The van der Waals surface area contributed by atoms with Crippen molar-refractivity contribution in [3.05, 3.63) is 52.1 Å². The Balaban J connectivity index is 1.49. The lowest BCUT2D eigenvalue weighted by Gasteiger charge is -2.20. The van der Waals surface area contributed by atoms with Gasteiger partial charge in [0.05, 0.1) is 5.69 Å². The fourth-order valence-corrected chi connectivity index (χ4v) is 3.10. The summed E-state index contributed by atoms with van der Waals surface area (Å²) in [5, 5.41) is 3.78. The molecule has 4 nitrogen and oxygen atoms in total. The summed E-state index contributed by atoms with van der Waals surface area (Å²) in [4.78, 5) is 20.0. The van der Waals surface area contributed by atoms with Crippen LogP contribution in [0.1, 0.15) is 29.2 Å². The SMILES string of the molecule is Cc1nc2c([nH]1)CC(C(=O)NCCc1ccc(Cl)cc1)CC2. The molecular weight excluding hydrogens is 298 g/mol. The molecule has 2 aromatic rings. The van der Waals surface area contributed by atoms with E-state index in [1.54, 1.807) is 0 Å². The van der Waals surface area contributed by atoms with E-state index in [2.05, 4.69) is 15.3 Å². The van der Waals surface area contributed by atoms with E-state index >= 15 is 0 Å². The highest BCUT2D eigenvalue weighted by Crippen LogP contribution is 2.23. The van der Waals surface area contributed by atoms with Crippen LogP contribution < -0.4 is 5.32 Å². The number of rotatable bonds is 4. The van der Waals surface area contributed by atoms with E-state index in [-0.39, 0.29) is 11.8 Å². The number of imidazole rings is 1. The zero-order chi connectivity index (χ0) is 15.5. The van der Waals surface area contributed by atoms with Gasteiger partial charge in [0.15, 0.2) is 0 Å². The number of nitrogens with one attached hydrogen (secondary N) is 2. The molecule has 1 aliphatic rings. The van der Waals surface area contributed by atoms with E-state index in [0.717, 1.165) is 47.9 Å². The summed E-state index contributed by atoms with van der Waals surface area (Å²) in [6, 6.07) is 7.74. The number of nitrogens with zero attached hydrogens (tertiary/aromatic N) is 1. The third-order valence-electron chi connectivity index (χ3n) is 4.16. The lowest BCUT2D eigenvalue weighted by molar-refractivity contribution is -0.125. The molecule has 0 aliphatic heterocycles. The number of amides is 1. The molecule has 1 aliphatic carbocycles. The Labute approximate surface area is 135 Å². The number of fused-ring (bicyclic) bond motifs is 1. The number of H-pyrrole nitrogens is 1. The summed E-state index contributed by atoms with van der Waals surface area (Å²) in [5.41, 5.74) is 3.43. The normalized spacial score (nSPS) is 17.1. The van der Waals surface area contributed by atoms with E-state index in [0.29, 0.717) is 6.54 Å². The van der Waals surface area contributed by atoms with Gasteiger partial charge in [-0.3, -0.25) is 4.79 Å². The molecule has 2 N–H and O–H groups in total. The molecule has 0 bridgehead atoms. The van der Waals surface area contributed by atoms with Gasteiger partial charge >= 0.3 is 0 Å². The van der Waals surface area contributed by atoms with Crippen molar-refractivity contribution in [3.63, 3.8) is 0 Å². The van der Waals surface area contributed by atoms with Gasteiger partial charge in [-0.2, -0.15) is 0 Å². The molecule has 5 heteroatoms. The summed E-state index contributed by atoms with van der Waals surface area (Å²) in [6.45, 7) is 2.62.